The molecule has 12 heavy (non-hydrogen) atoms. The van der Waals surface area contributed by atoms with Crippen molar-refractivity contribution in [2.75, 3.05) is 0 Å². The van der Waals surface area contributed by atoms with Crippen molar-refractivity contribution >= 4 is 0 Å². The molecule has 0 bridgehead atoms. The highest BCUT2D eigenvalue weighted by Gasteiger charge is 2.02. The molecular formula is C11H18O. The summed E-state index contributed by atoms with van der Waals surface area (Å²) < 4.78 is 5.63. The fraction of sp³-hybridized carbons (Fsp3) is 0.636. The smallest absolute Gasteiger partial charge is 0.104 e. The summed E-state index contributed by atoms with van der Waals surface area (Å²) >= 11 is 0. The van der Waals surface area contributed by atoms with Gasteiger partial charge in [0.2, 0.25) is 0 Å². The van der Waals surface area contributed by atoms with Crippen LogP contribution in [-0.4, -0.2) is 0 Å². The summed E-state index contributed by atoms with van der Waals surface area (Å²) in [6.45, 7) is 6.59. The van der Waals surface area contributed by atoms with Gasteiger partial charge in [0, 0.05) is 12.8 Å². The molecular weight excluding hydrogens is 148 g/mol. The van der Waals surface area contributed by atoms with E-state index in [0.717, 1.165) is 30.8 Å². The Kier molecular flexibility index (Phi) is 3.39. The van der Waals surface area contributed by atoms with E-state index >= 15 is 0 Å². The molecule has 0 spiro atoms. The normalized spacial score (nSPS) is 11.0. The maximum atomic E-state index is 5.63. The van der Waals surface area contributed by atoms with Crippen LogP contribution in [0.2, 0.25) is 0 Å². The Hall–Kier alpha value is -0.720. The van der Waals surface area contributed by atoms with Crippen molar-refractivity contribution in [1.82, 2.24) is 0 Å². The molecule has 1 aromatic rings. The molecule has 0 aliphatic rings. The van der Waals surface area contributed by atoms with Gasteiger partial charge in [0.25, 0.3) is 0 Å². The molecule has 0 aliphatic heterocycles. The third kappa shape index (κ3) is 2.72. The lowest BCUT2D eigenvalue weighted by molar-refractivity contribution is 0.438. The van der Waals surface area contributed by atoms with E-state index in [4.69, 9.17) is 4.42 Å². The van der Waals surface area contributed by atoms with E-state index < -0.39 is 0 Å². The van der Waals surface area contributed by atoms with Crippen LogP contribution in [0, 0.1) is 5.92 Å². The molecule has 0 aliphatic carbocycles. The molecule has 0 saturated heterocycles. The second kappa shape index (κ2) is 4.34. The monoisotopic (exact) mass is 166 g/mol. The largest absolute Gasteiger partial charge is 0.466 e. The van der Waals surface area contributed by atoms with Crippen molar-refractivity contribution in [3.05, 3.63) is 23.7 Å². The molecule has 0 fully saturated rings. The minimum Gasteiger partial charge on any atom is -0.466 e. The molecule has 1 nitrogen and oxygen atoms in total. The van der Waals surface area contributed by atoms with Crippen LogP contribution in [0.25, 0.3) is 0 Å². The summed E-state index contributed by atoms with van der Waals surface area (Å²) in [5, 5.41) is 0. The molecule has 1 heterocycles. The van der Waals surface area contributed by atoms with Crippen LogP contribution >= 0.6 is 0 Å². The first-order valence-electron chi connectivity index (χ1n) is 4.80. The average Bonchev–Trinajstić information content (AvgIpc) is 2.36. The maximum absolute atomic E-state index is 5.63. The molecule has 0 radical (unpaired) electrons. The van der Waals surface area contributed by atoms with Crippen LogP contribution < -0.4 is 0 Å². The molecule has 0 unspecified atom stereocenters. The van der Waals surface area contributed by atoms with Gasteiger partial charge in [-0.3, -0.25) is 0 Å². The van der Waals surface area contributed by atoms with Gasteiger partial charge in [-0.05, 0) is 24.5 Å². The Bertz CT molecular complexity index is 223. The third-order valence-corrected chi connectivity index (χ3v) is 1.82. The van der Waals surface area contributed by atoms with E-state index in [1.54, 1.807) is 0 Å². The van der Waals surface area contributed by atoms with E-state index in [9.17, 15) is 0 Å². The summed E-state index contributed by atoms with van der Waals surface area (Å²) in [4.78, 5) is 0. The van der Waals surface area contributed by atoms with Crippen molar-refractivity contribution in [3.63, 3.8) is 0 Å². The lowest BCUT2D eigenvalue weighted by atomic mass is 10.1. The molecule has 1 heteroatoms. The van der Waals surface area contributed by atoms with E-state index in [0.29, 0.717) is 5.92 Å². The van der Waals surface area contributed by atoms with Crippen LogP contribution in [0.4, 0.5) is 0 Å². The lowest BCUT2D eigenvalue weighted by Gasteiger charge is -1.99. The maximum Gasteiger partial charge on any atom is 0.104 e. The van der Waals surface area contributed by atoms with Crippen molar-refractivity contribution in [2.45, 2.75) is 40.0 Å². The first kappa shape index (κ1) is 9.37. The van der Waals surface area contributed by atoms with Gasteiger partial charge in [0.05, 0.1) is 0 Å². The summed E-state index contributed by atoms with van der Waals surface area (Å²) in [5.41, 5.74) is 0. The third-order valence-electron chi connectivity index (χ3n) is 1.82. The molecule has 0 N–H and O–H groups in total. The lowest BCUT2D eigenvalue weighted by Crippen LogP contribution is -1.91. The zero-order valence-corrected chi connectivity index (χ0v) is 8.26. The summed E-state index contributed by atoms with van der Waals surface area (Å²) in [5.74, 6) is 2.95. The SMILES string of the molecule is CCCc1ccc(CC(C)C)o1. The van der Waals surface area contributed by atoms with Crippen molar-refractivity contribution in [1.29, 1.82) is 0 Å². The molecule has 1 rings (SSSR count). The van der Waals surface area contributed by atoms with Crippen LogP contribution in [0.1, 0.15) is 38.7 Å². The Balaban J connectivity index is 2.52. The van der Waals surface area contributed by atoms with Crippen LogP contribution in [0.5, 0.6) is 0 Å². The topological polar surface area (TPSA) is 13.1 Å². The summed E-state index contributed by atoms with van der Waals surface area (Å²) in [7, 11) is 0. The highest BCUT2D eigenvalue weighted by Crippen LogP contribution is 2.13. The standard InChI is InChI=1S/C11H18O/c1-4-5-10-6-7-11(12-10)8-9(2)3/h6-7,9H,4-5,8H2,1-3H3. The zero-order chi connectivity index (χ0) is 8.97. The van der Waals surface area contributed by atoms with Gasteiger partial charge >= 0.3 is 0 Å². The Labute approximate surface area is 74.8 Å². The van der Waals surface area contributed by atoms with Gasteiger partial charge in [0.15, 0.2) is 0 Å². The van der Waals surface area contributed by atoms with Crippen molar-refractivity contribution in [2.24, 2.45) is 5.92 Å². The van der Waals surface area contributed by atoms with Crippen molar-refractivity contribution < 1.29 is 4.42 Å². The Morgan fingerprint density at radius 1 is 1.25 bits per heavy atom. The van der Waals surface area contributed by atoms with Gasteiger partial charge in [0.1, 0.15) is 11.5 Å². The number of furan rings is 1. The molecule has 0 aromatic carbocycles. The van der Waals surface area contributed by atoms with Gasteiger partial charge in [-0.1, -0.05) is 20.8 Å². The number of rotatable bonds is 4. The zero-order valence-electron chi connectivity index (χ0n) is 8.26. The minimum absolute atomic E-state index is 0.686. The number of hydrogen-bond donors (Lipinski definition) is 0. The van der Waals surface area contributed by atoms with Gasteiger partial charge in [-0.2, -0.15) is 0 Å². The van der Waals surface area contributed by atoms with E-state index in [2.05, 4.69) is 32.9 Å². The quantitative estimate of drug-likeness (QED) is 0.668. The second-order valence-electron chi connectivity index (χ2n) is 3.72. The van der Waals surface area contributed by atoms with E-state index in [-0.39, 0.29) is 0 Å². The number of hydrogen-bond acceptors (Lipinski definition) is 1. The molecule has 1 aromatic heterocycles. The average molecular weight is 166 g/mol. The van der Waals surface area contributed by atoms with Gasteiger partial charge in [-0.25, -0.2) is 0 Å². The Morgan fingerprint density at radius 3 is 2.50 bits per heavy atom. The number of aryl methyl sites for hydroxylation is 1. The molecule has 0 amide bonds. The van der Waals surface area contributed by atoms with Crippen LogP contribution in [-0.2, 0) is 12.8 Å². The highest BCUT2D eigenvalue weighted by molar-refractivity contribution is 5.07. The molecule has 68 valence electrons. The van der Waals surface area contributed by atoms with E-state index in [1.165, 1.54) is 0 Å². The fourth-order valence-corrected chi connectivity index (χ4v) is 1.32. The molecule has 0 atom stereocenters. The Morgan fingerprint density at radius 2 is 1.92 bits per heavy atom. The predicted molar refractivity (Wildman–Crippen MR) is 51.2 cm³/mol. The highest BCUT2D eigenvalue weighted by atomic mass is 16.3. The first-order chi connectivity index (χ1) is 5.72. The van der Waals surface area contributed by atoms with Gasteiger partial charge < -0.3 is 4.42 Å². The predicted octanol–water partition coefficient (Wildman–Crippen LogP) is 3.43. The van der Waals surface area contributed by atoms with Crippen LogP contribution in [0.3, 0.4) is 0 Å². The summed E-state index contributed by atoms with van der Waals surface area (Å²) in [6, 6.07) is 4.20. The van der Waals surface area contributed by atoms with Crippen LogP contribution in [0.15, 0.2) is 16.5 Å². The van der Waals surface area contributed by atoms with Gasteiger partial charge in [-0.15, -0.1) is 0 Å². The van der Waals surface area contributed by atoms with E-state index in [1.807, 2.05) is 0 Å². The second-order valence-corrected chi connectivity index (χ2v) is 3.72. The minimum atomic E-state index is 0.686. The van der Waals surface area contributed by atoms with Crippen molar-refractivity contribution in [3.8, 4) is 0 Å². The first-order valence-corrected chi connectivity index (χ1v) is 4.80. The summed E-state index contributed by atoms with van der Waals surface area (Å²) in [6.07, 6.45) is 3.29. The fourth-order valence-electron chi connectivity index (χ4n) is 1.32. The molecule has 0 saturated carbocycles.